The van der Waals surface area contributed by atoms with E-state index in [-0.39, 0.29) is 44.6 Å². The Labute approximate surface area is 217 Å². The van der Waals surface area contributed by atoms with Crippen LogP contribution in [-0.4, -0.2) is 94.5 Å². The number of carboxylic acid groups (broad SMARTS) is 2. The fourth-order valence-electron chi connectivity index (χ4n) is 2.93. The van der Waals surface area contributed by atoms with Crippen LogP contribution in [-0.2, 0) is 28.8 Å². The zero-order chi connectivity index (χ0) is 28.5. The van der Waals surface area contributed by atoms with E-state index in [1.165, 1.54) is 11.8 Å². The molecular formula is C20H36N8O8S. The van der Waals surface area contributed by atoms with Gasteiger partial charge in [0.1, 0.15) is 18.1 Å². The first-order valence-corrected chi connectivity index (χ1v) is 12.6. The van der Waals surface area contributed by atoms with Gasteiger partial charge in [0.05, 0.1) is 12.5 Å². The van der Waals surface area contributed by atoms with E-state index in [1.807, 2.05) is 0 Å². The van der Waals surface area contributed by atoms with Crippen molar-refractivity contribution in [3.8, 4) is 0 Å². The molecule has 0 aliphatic heterocycles. The Balaban J connectivity index is 5.60. The normalized spacial score (nSPS) is 13.8. The van der Waals surface area contributed by atoms with E-state index in [2.05, 4.69) is 20.9 Å². The molecule has 0 spiro atoms. The second kappa shape index (κ2) is 17.8. The second-order valence-corrected chi connectivity index (χ2v) is 8.95. The van der Waals surface area contributed by atoms with Gasteiger partial charge in [-0.2, -0.15) is 11.8 Å². The maximum atomic E-state index is 13.0. The van der Waals surface area contributed by atoms with Gasteiger partial charge in [-0.25, -0.2) is 4.79 Å². The molecule has 0 saturated heterocycles. The number of thioether (sulfide) groups is 1. The second-order valence-electron chi connectivity index (χ2n) is 7.96. The number of primary amides is 1. The molecule has 0 saturated carbocycles. The van der Waals surface area contributed by atoms with Gasteiger partial charge in [0.2, 0.25) is 23.6 Å². The van der Waals surface area contributed by atoms with Crippen molar-refractivity contribution in [3.05, 3.63) is 0 Å². The average Bonchev–Trinajstić information content (AvgIpc) is 2.79. The molecule has 16 nitrogen and oxygen atoms in total. The van der Waals surface area contributed by atoms with E-state index < -0.39 is 66.2 Å². The lowest BCUT2D eigenvalue weighted by Crippen LogP contribution is -2.57. The number of hydrogen-bond acceptors (Lipinski definition) is 9. The van der Waals surface area contributed by atoms with Crippen LogP contribution in [0.4, 0.5) is 0 Å². The Morgan fingerprint density at radius 1 is 0.838 bits per heavy atom. The summed E-state index contributed by atoms with van der Waals surface area (Å²) in [5, 5.41) is 25.3. The van der Waals surface area contributed by atoms with Gasteiger partial charge in [-0.1, -0.05) is 0 Å². The Morgan fingerprint density at radius 2 is 1.38 bits per heavy atom. The molecule has 0 radical (unpaired) electrons. The van der Waals surface area contributed by atoms with Crippen molar-refractivity contribution < 1.29 is 39.0 Å². The minimum absolute atomic E-state index is 0.0153. The van der Waals surface area contributed by atoms with Gasteiger partial charge in [0.25, 0.3) is 0 Å². The summed E-state index contributed by atoms with van der Waals surface area (Å²) < 4.78 is 0. The van der Waals surface area contributed by atoms with Crippen molar-refractivity contribution in [3.63, 3.8) is 0 Å². The van der Waals surface area contributed by atoms with Crippen molar-refractivity contribution in [2.45, 2.75) is 62.7 Å². The van der Waals surface area contributed by atoms with Gasteiger partial charge in [-0.3, -0.25) is 29.0 Å². The number of carbonyl (C=O) groups excluding carboxylic acids is 4. The summed E-state index contributed by atoms with van der Waals surface area (Å²) in [5.41, 5.74) is 21.2. The molecule has 0 aliphatic rings. The number of amides is 4. The van der Waals surface area contributed by atoms with Gasteiger partial charge in [-0.05, 0) is 37.7 Å². The smallest absolute Gasteiger partial charge is 0.326 e. The van der Waals surface area contributed by atoms with Crippen LogP contribution in [0.5, 0.6) is 0 Å². The molecule has 0 aromatic rings. The highest BCUT2D eigenvalue weighted by atomic mass is 32.2. The van der Waals surface area contributed by atoms with Crippen LogP contribution in [0.3, 0.4) is 0 Å². The fraction of sp³-hybridized carbons (Fsp3) is 0.650. The first-order chi connectivity index (χ1) is 17.3. The van der Waals surface area contributed by atoms with Crippen molar-refractivity contribution >= 4 is 53.3 Å². The zero-order valence-electron chi connectivity index (χ0n) is 20.5. The molecule has 0 heterocycles. The molecule has 0 bridgehead atoms. The number of guanidine groups is 1. The Morgan fingerprint density at radius 3 is 1.86 bits per heavy atom. The molecule has 210 valence electrons. The van der Waals surface area contributed by atoms with E-state index in [4.69, 9.17) is 28.0 Å². The Hall–Kier alpha value is -3.60. The first kappa shape index (κ1) is 33.4. The van der Waals surface area contributed by atoms with Gasteiger partial charge < -0.3 is 49.1 Å². The summed E-state index contributed by atoms with van der Waals surface area (Å²) in [6, 6.07) is -5.25. The van der Waals surface area contributed by atoms with Gasteiger partial charge in [-0.15, -0.1) is 0 Å². The molecule has 0 aromatic carbocycles. The van der Waals surface area contributed by atoms with Crippen LogP contribution in [0.25, 0.3) is 0 Å². The highest BCUT2D eigenvalue weighted by Gasteiger charge is 2.30. The Bertz CT molecular complexity index is 852. The molecule has 0 aromatic heterocycles. The minimum atomic E-state index is -1.43. The molecule has 0 rings (SSSR count). The number of hydrogen-bond donors (Lipinski definition) is 9. The zero-order valence-corrected chi connectivity index (χ0v) is 21.3. The van der Waals surface area contributed by atoms with Gasteiger partial charge in [0.15, 0.2) is 5.96 Å². The average molecular weight is 549 g/mol. The van der Waals surface area contributed by atoms with Crippen molar-refractivity contribution in [2.75, 3.05) is 18.6 Å². The monoisotopic (exact) mass is 548 g/mol. The molecule has 13 N–H and O–H groups in total. The van der Waals surface area contributed by atoms with Crippen LogP contribution in [0.15, 0.2) is 4.99 Å². The number of nitrogens with two attached hydrogens (primary N) is 4. The van der Waals surface area contributed by atoms with Crippen LogP contribution < -0.4 is 38.9 Å². The van der Waals surface area contributed by atoms with Crippen LogP contribution >= 0.6 is 11.8 Å². The quantitative estimate of drug-likeness (QED) is 0.0429. The topological polar surface area (TPSA) is 295 Å². The molecule has 0 aliphatic carbocycles. The van der Waals surface area contributed by atoms with E-state index in [0.29, 0.717) is 5.75 Å². The van der Waals surface area contributed by atoms with Gasteiger partial charge in [0, 0.05) is 13.0 Å². The number of aliphatic imine (C=N–C) groups is 1. The van der Waals surface area contributed by atoms with Crippen molar-refractivity contribution in [1.29, 1.82) is 0 Å². The number of carbonyl (C=O) groups is 6. The maximum absolute atomic E-state index is 13.0. The number of nitrogens with zero attached hydrogens (tertiary/aromatic N) is 1. The predicted octanol–water partition coefficient (Wildman–Crippen LogP) is -3.60. The molecular weight excluding hydrogens is 512 g/mol. The van der Waals surface area contributed by atoms with Gasteiger partial charge >= 0.3 is 11.9 Å². The summed E-state index contributed by atoms with van der Waals surface area (Å²) in [7, 11) is 0. The maximum Gasteiger partial charge on any atom is 0.326 e. The standard InChI is InChI=1S/C20H36N8O8S/c1-37-8-6-12(18(34)28-13(19(35)36)4-5-14(22)29)27-17(33)11(3-2-7-25-20(23)24)26-16(32)10(21)9-15(30)31/h10-13H,2-9,21H2,1H3,(H2,22,29)(H,26,32)(H,27,33)(H,28,34)(H,30,31)(H,35,36)(H4,23,24,25). The summed E-state index contributed by atoms with van der Waals surface area (Å²) in [4.78, 5) is 75.3. The van der Waals surface area contributed by atoms with Crippen LogP contribution in [0, 0.1) is 0 Å². The predicted molar refractivity (Wildman–Crippen MR) is 135 cm³/mol. The SMILES string of the molecule is CSCCC(NC(=O)C(CCCN=C(N)N)NC(=O)C(N)CC(=O)O)C(=O)NC(CCC(N)=O)C(=O)O. The lowest BCUT2D eigenvalue weighted by Gasteiger charge is -2.25. The summed E-state index contributed by atoms with van der Waals surface area (Å²) in [6.07, 6.45) is 0.939. The summed E-state index contributed by atoms with van der Waals surface area (Å²) in [6.45, 7) is 0.125. The third-order valence-electron chi connectivity index (χ3n) is 4.85. The largest absolute Gasteiger partial charge is 0.481 e. The van der Waals surface area contributed by atoms with Crippen molar-refractivity contribution in [1.82, 2.24) is 16.0 Å². The highest BCUT2D eigenvalue weighted by Crippen LogP contribution is 2.07. The molecule has 0 fully saturated rings. The number of carboxylic acids is 2. The molecule has 17 heteroatoms. The number of rotatable bonds is 19. The minimum Gasteiger partial charge on any atom is -0.481 e. The van der Waals surface area contributed by atoms with Crippen LogP contribution in [0.1, 0.15) is 38.5 Å². The lowest BCUT2D eigenvalue weighted by molar-refractivity contribution is -0.142. The van der Waals surface area contributed by atoms with E-state index in [0.717, 1.165) is 0 Å². The highest BCUT2D eigenvalue weighted by molar-refractivity contribution is 7.98. The molecule has 37 heavy (non-hydrogen) atoms. The van der Waals surface area contributed by atoms with E-state index in [9.17, 15) is 33.9 Å². The first-order valence-electron chi connectivity index (χ1n) is 11.2. The fourth-order valence-corrected chi connectivity index (χ4v) is 3.40. The van der Waals surface area contributed by atoms with E-state index >= 15 is 0 Å². The number of aliphatic carboxylic acids is 2. The molecule has 4 unspecified atom stereocenters. The lowest BCUT2D eigenvalue weighted by atomic mass is 10.1. The third kappa shape index (κ3) is 15.2. The van der Waals surface area contributed by atoms with Crippen LogP contribution in [0.2, 0.25) is 0 Å². The number of nitrogens with one attached hydrogen (secondary N) is 3. The summed E-state index contributed by atoms with van der Waals surface area (Å²) in [5.74, 6) is -5.69. The summed E-state index contributed by atoms with van der Waals surface area (Å²) >= 11 is 1.37. The molecule has 4 amide bonds. The third-order valence-corrected chi connectivity index (χ3v) is 5.49. The van der Waals surface area contributed by atoms with Crippen molar-refractivity contribution in [2.24, 2.45) is 27.9 Å². The van der Waals surface area contributed by atoms with E-state index in [1.54, 1.807) is 6.26 Å². The molecule has 4 atom stereocenters. The Kier molecular flexibility index (Phi) is 16.0.